The van der Waals surface area contributed by atoms with E-state index in [0.717, 1.165) is 11.3 Å². The summed E-state index contributed by atoms with van der Waals surface area (Å²) in [6.45, 7) is -0.891. The minimum absolute atomic E-state index is 0.0396. The van der Waals surface area contributed by atoms with E-state index in [1.807, 2.05) is 0 Å². The van der Waals surface area contributed by atoms with Crippen molar-refractivity contribution in [2.75, 3.05) is 18.6 Å². The molecule has 4 nitrogen and oxygen atoms in total. The molecule has 2 rings (SSSR count). The number of hydrogen-bond donors (Lipinski definition) is 3. The molecular weight excluding hydrogens is 271 g/mol. The van der Waals surface area contributed by atoms with Gasteiger partial charge in [-0.2, -0.15) is 0 Å². The second-order valence-electron chi connectivity index (χ2n) is 4.41. The molecular formula is C16H15FN2O2. The van der Waals surface area contributed by atoms with Crippen molar-refractivity contribution in [1.29, 1.82) is 0 Å². The van der Waals surface area contributed by atoms with Crippen LogP contribution in [-0.2, 0) is 0 Å². The summed E-state index contributed by atoms with van der Waals surface area (Å²) in [4.78, 5) is 3.74. The van der Waals surface area contributed by atoms with Gasteiger partial charge in [-0.3, -0.25) is 0 Å². The molecule has 1 unspecified atom stereocenters. The van der Waals surface area contributed by atoms with E-state index in [9.17, 15) is 4.39 Å². The number of anilines is 1. The Labute approximate surface area is 122 Å². The lowest BCUT2D eigenvalue weighted by atomic mass is 10.2. The average Bonchev–Trinajstić information content (AvgIpc) is 2.53. The highest BCUT2D eigenvalue weighted by atomic mass is 19.1. The Morgan fingerprint density at radius 2 is 1.76 bits per heavy atom. The molecule has 0 aliphatic heterocycles. The zero-order valence-electron chi connectivity index (χ0n) is 11.3. The van der Waals surface area contributed by atoms with Gasteiger partial charge in [0, 0.05) is 29.1 Å². The van der Waals surface area contributed by atoms with Gasteiger partial charge in [0.05, 0.1) is 12.6 Å². The first-order chi connectivity index (χ1) is 10.2. The zero-order chi connectivity index (χ0) is 15.1. The summed E-state index contributed by atoms with van der Waals surface area (Å²) in [7, 11) is 0. The van der Waals surface area contributed by atoms with Crippen molar-refractivity contribution >= 4 is 5.69 Å². The van der Waals surface area contributed by atoms with Gasteiger partial charge in [-0.05, 0) is 30.3 Å². The predicted octanol–water partition coefficient (Wildman–Crippen LogP) is 1.93. The fraction of sp³-hybridized carbons (Fsp3) is 0.188. The zero-order valence-corrected chi connectivity index (χ0v) is 11.3. The summed E-state index contributed by atoms with van der Waals surface area (Å²) in [5.74, 6) is 5.85. The third-order valence-electron chi connectivity index (χ3n) is 2.76. The fourth-order valence-corrected chi connectivity index (χ4v) is 1.62. The molecule has 0 spiro atoms. The van der Waals surface area contributed by atoms with E-state index in [2.05, 4.69) is 22.1 Å². The summed E-state index contributed by atoms with van der Waals surface area (Å²) >= 11 is 0. The van der Waals surface area contributed by atoms with Gasteiger partial charge in [-0.25, -0.2) is 9.37 Å². The molecule has 0 bridgehead atoms. The Kier molecular flexibility index (Phi) is 5.13. The van der Waals surface area contributed by atoms with Crippen LogP contribution < -0.4 is 5.32 Å². The first-order valence-electron chi connectivity index (χ1n) is 6.41. The number of nitrogens with zero attached hydrogens (tertiary/aromatic N) is 1. The molecule has 1 heterocycles. The lowest BCUT2D eigenvalue weighted by Crippen LogP contribution is -2.25. The van der Waals surface area contributed by atoms with E-state index in [4.69, 9.17) is 10.2 Å². The van der Waals surface area contributed by atoms with E-state index in [0.29, 0.717) is 5.56 Å². The molecule has 0 aliphatic rings. The summed E-state index contributed by atoms with van der Waals surface area (Å²) in [5, 5.41) is 20.9. The molecule has 1 atom stereocenters. The molecule has 0 saturated heterocycles. The first-order valence-corrected chi connectivity index (χ1v) is 6.41. The maximum Gasteiger partial charge on any atom is 0.210 e. The highest BCUT2D eigenvalue weighted by molar-refractivity contribution is 5.50. The molecule has 1 aromatic heterocycles. The number of rotatable bonds is 4. The van der Waals surface area contributed by atoms with E-state index in [-0.39, 0.29) is 12.5 Å². The molecule has 2 aromatic rings. The second kappa shape index (κ2) is 7.27. The van der Waals surface area contributed by atoms with Crippen LogP contribution in [0.4, 0.5) is 10.1 Å². The Bertz CT molecular complexity index is 626. The predicted molar refractivity (Wildman–Crippen MR) is 78.8 cm³/mol. The van der Waals surface area contributed by atoms with Crippen molar-refractivity contribution in [2.45, 2.75) is 6.04 Å². The summed E-state index contributed by atoms with van der Waals surface area (Å²) in [6.07, 6.45) is 1.49. The van der Waals surface area contributed by atoms with Crippen LogP contribution in [0.5, 0.6) is 5.88 Å². The summed E-state index contributed by atoms with van der Waals surface area (Å²) in [5.41, 5.74) is 2.23. The van der Waals surface area contributed by atoms with Crippen molar-refractivity contribution in [1.82, 2.24) is 4.98 Å². The van der Waals surface area contributed by atoms with Crippen molar-refractivity contribution in [2.24, 2.45) is 0 Å². The van der Waals surface area contributed by atoms with Crippen LogP contribution in [0.1, 0.15) is 11.1 Å². The van der Waals surface area contributed by atoms with Crippen LogP contribution in [0, 0.1) is 11.8 Å². The summed E-state index contributed by atoms with van der Waals surface area (Å²) in [6, 6.07) is 9.71. The number of aliphatic hydroxyl groups excluding tert-OH is 1. The molecule has 0 fully saturated rings. The van der Waals surface area contributed by atoms with Gasteiger partial charge in [-0.15, -0.1) is 0 Å². The number of nitrogens with one attached hydrogen (secondary N) is 1. The standard InChI is InChI=1S/C16H15FN2O2/c17-9-15(11-20)19-14-6-3-12(4-7-14)1-2-13-5-8-16(21)18-10-13/h3-8,10,15,19-20H,9,11H2,(H,18,21). The maximum atomic E-state index is 12.5. The Hall–Kier alpha value is -2.58. The molecule has 0 amide bonds. The van der Waals surface area contributed by atoms with Crippen molar-refractivity contribution in [3.05, 3.63) is 53.7 Å². The molecule has 5 heteroatoms. The van der Waals surface area contributed by atoms with Crippen LogP contribution in [0.2, 0.25) is 0 Å². The number of aromatic hydroxyl groups is 1. The van der Waals surface area contributed by atoms with Gasteiger partial charge in [-0.1, -0.05) is 11.8 Å². The van der Waals surface area contributed by atoms with E-state index in [1.54, 1.807) is 30.3 Å². The largest absolute Gasteiger partial charge is 0.493 e. The van der Waals surface area contributed by atoms with E-state index in [1.165, 1.54) is 12.3 Å². The molecule has 0 saturated carbocycles. The minimum Gasteiger partial charge on any atom is -0.493 e. The Morgan fingerprint density at radius 3 is 2.33 bits per heavy atom. The molecule has 0 aliphatic carbocycles. The highest BCUT2D eigenvalue weighted by Crippen LogP contribution is 2.11. The lowest BCUT2D eigenvalue weighted by molar-refractivity contribution is 0.252. The number of pyridine rings is 1. The Morgan fingerprint density at radius 1 is 1.10 bits per heavy atom. The number of alkyl halides is 1. The summed E-state index contributed by atoms with van der Waals surface area (Å²) < 4.78 is 12.5. The maximum absolute atomic E-state index is 12.5. The number of aliphatic hydroxyl groups is 1. The number of halogens is 1. The molecule has 21 heavy (non-hydrogen) atoms. The smallest absolute Gasteiger partial charge is 0.210 e. The highest BCUT2D eigenvalue weighted by Gasteiger charge is 2.05. The number of hydrogen-bond acceptors (Lipinski definition) is 4. The van der Waals surface area contributed by atoms with Crippen molar-refractivity contribution in [3.63, 3.8) is 0 Å². The first kappa shape index (κ1) is 14.8. The normalized spacial score (nSPS) is 11.3. The lowest BCUT2D eigenvalue weighted by Gasteiger charge is -2.13. The van der Waals surface area contributed by atoms with E-state index < -0.39 is 12.7 Å². The SMILES string of the molecule is OCC(CF)Nc1ccc(C#Cc2ccc(O)nc2)cc1. The number of aromatic nitrogens is 1. The number of benzene rings is 1. The van der Waals surface area contributed by atoms with Crippen molar-refractivity contribution in [3.8, 4) is 17.7 Å². The average molecular weight is 286 g/mol. The fourth-order valence-electron chi connectivity index (χ4n) is 1.62. The van der Waals surface area contributed by atoms with Crippen LogP contribution in [0.15, 0.2) is 42.6 Å². The second-order valence-corrected chi connectivity index (χ2v) is 4.41. The molecule has 1 aromatic carbocycles. The topological polar surface area (TPSA) is 65.4 Å². The molecule has 3 N–H and O–H groups in total. The van der Waals surface area contributed by atoms with Gasteiger partial charge in [0.15, 0.2) is 0 Å². The van der Waals surface area contributed by atoms with E-state index >= 15 is 0 Å². The molecule has 108 valence electrons. The van der Waals surface area contributed by atoms with Crippen LogP contribution in [0.3, 0.4) is 0 Å². The third-order valence-corrected chi connectivity index (χ3v) is 2.76. The van der Waals surface area contributed by atoms with Crippen molar-refractivity contribution < 1.29 is 14.6 Å². The van der Waals surface area contributed by atoms with Gasteiger partial charge in [0.1, 0.15) is 6.67 Å². The Balaban J connectivity index is 2.04. The van der Waals surface area contributed by atoms with Gasteiger partial charge >= 0.3 is 0 Å². The third kappa shape index (κ3) is 4.48. The van der Waals surface area contributed by atoms with Crippen LogP contribution in [0.25, 0.3) is 0 Å². The quantitative estimate of drug-likeness (QED) is 0.751. The van der Waals surface area contributed by atoms with Gasteiger partial charge < -0.3 is 15.5 Å². The monoisotopic (exact) mass is 286 g/mol. The van der Waals surface area contributed by atoms with Gasteiger partial charge in [0.25, 0.3) is 0 Å². The molecule has 0 radical (unpaired) electrons. The van der Waals surface area contributed by atoms with Crippen LogP contribution in [-0.4, -0.2) is 34.5 Å². The van der Waals surface area contributed by atoms with Crippen LogP contribution >= 0.6 is 0 Å². The minimum atomic E-state index is -0.633. The van der Waals surface area contributed by atoms with Gasteiger partial charge in [0.2, 0.25) is 5.88 Å².